The number of aryl methyl sites for hydroxylation is 1. The number of allylic oxidation sites excluding steroid dienone is 1. The second-order valence-corrected chi connectivity index (χ2v) is 5.29. The van der Waals surface area contributed by atoms with Crippen LogP contribution >= 0.6 is 11.3 Å². The largest absolute Gasteiger partial charge is 0.365 e. The van der Waals surface area contributed by atoms with E-state index in [1.165, 1.54) is 17.4 Å². The molecule has 0 saturated heterocycles. The molecule has 5 heteroatoms. The predicted molar refractivity (Wildman–Crippen MR) is 70.4 cm³/mol. The summed E-state index contributed by atoms with van der Waals surface area (Å²) in [7, 11) is 0. The van der Waals surface area contributed by atoms with Crippen molar-refractivity contribution < 1.29 is 9.59 Å². The second-order valence-electron chi connectivity index (χ2n) is 4.06. The van der Waals surface area contributed by atoms with Gasteiger partial charge < -0.3 is 11.1 Å². The third-order valence-corrected chi connectivity index (χ3v) is 3.41. The molecule has 0 fully saturated rings. The molecular formula is C12H16N2O2S. The fourth-order valence-electron chi connectivity index (χ4n) is 1.42. The number of anilines is 1. The summed E-state index contributed by atoms with van der Waals surface area (Å²) in [5.74, 6) is -0.756. The zero-order valence-corrected chi connectivity index (χ0v) is 11.2. The molecule has 1 aromatic rings. The lowest BCUT2D eigenvalue weighted by Gasteiger charge is -2.02. The summed E-state index contributed by atoms with van der Waals surface area (Å²) in [6.45, 7) is 7.38. The Morgan fingerprint density at radius 3 is 2.35 bits per heavy atom. The molecule has 1 rings (SSSR count). The van der Waals surface area contributed by atoms with Crippen molar-refractivity contribution >= 4 is 28.2 Å². The third-order valence-electron chi connectivity index (χ3n) is 2.29. The predicted octanol–water partition coefficient (Wildman–Crippen LogP) is 2.37. The molecule has 0 bridgehead atoms. The molecule has 0 spiro atoms. The number of hydrogen-bond acceptors (Lipinski definition) is 3. The van der Waals surface area contributed by atoms with Gasteiger partial charge in [0.2, 0.25) is 5.91 Å². The lowest BCUT2D eigenvalue weighted by Crippen LogP contribution is -2.16. The van der Waals surface area contributed by atoms with Crippen LogP contribution in [0.3, 0.4) is 0 Å². The van der Waals surface area contributed by atoms with E-state index in [0.717, 1.165) is 16.0 Å². The van der Waals surface area contributed by atoms with Gasteiger partial charge in [0, 0.05) is 11.0 Å². The summed E-state index contributed by atoms with van der Waals surface area (Å²) in [6, 6.07) is 0. The van der Waals surface area contributed by atoms with E-state index >= 15 is 0 Å². The molecule has 2 amide bonds. The van der Waals surface area contributed by atoms with Gasteiger partial charge in [-0.15, -0.1) is 11.3 Å². The van der Waals surface area contributed by atoms with E-state index < -0.39 is 5.91 Å². The van der Waals surface area contributed by atoms with Crippen molar-refractivity contribution in [2.24, 2.45) is 5.73 Å². The van der Waals surface area contributed by atoms with Crippen molar-refractivity contribution in [1.82, 2.24) is 0 Å². The topological polar surface area (TPSA) is 72.2 Å². The number of thiophene rings is 1. The summed E-state index contributed by atoms with van der Waals surface area (Å²) in [6.07, 6.45) is 1.48. The zero-order chi connectivity index (χ0) is 13.2. The number of nitrogens with one attached hydrogen (secondary N) is 1. The Morgan fingerprint density at radius 1 is 1.29 bits per heavy atom. The average Bonchev–Trinajstić information content (AvgIpc) is 2.40. The molecule has 92 valence electrons. The van der Waals surface area contributed by atoms with Crippen LogP contribution in [0.1, 0.15) is 34.6 Å². The molecule has 0 saturated carbocycles. The highest BCUT2D eigenvalue weighted by Gasteiger charge is 2.18. The highest BCUT2D eigenvalue weighted by molar-refractivity contribution is 7.16. The van der Waals surface area contributed by atoms with Crippen LogP contribution in [0.5, 0.6) is 0 Å². The summed E-state index contributed by atoms with van der Waals surface area (Å²) in [5, 5.41) is 3.21. The second kappa shape index (κ2) is 5.14. The first-order valence-electron chi connectivity index (χ1n) is 5.18. The number of carbonyl (C=O) groups excluding carboxylic acids is 2. The van der Waals surface area contributed by atoms with Crippen molar-refractivity contribution in [3.05, 3.63) is 27.7 Å². The van der Waals surface area contributed by atoms with E-state index in [-0.39, 0.29) is 5.91 Å². The highest BCUT2D eigenvalue weighted by Crippen LogP contribution is 2.31. The van der Waals surface area contributed by atoms with Crippen molar-refractivity contribution in [1.29, 1.82) is 0 Å². The highest BCUT2D eigenvalue weighted by atomic mass is 32.1. The average molecular weight is 252 g/mol. The Morgan fingerprint density at radius 2 is 1.88 bits per heavy atom. The Labute approximate surface area is 105 Å². The van der Waals surface area contributed by atoms with Gasteiger partial charge in [-0.1, -0.05) is 5.57 Å². The van der Waals surface area contributed by atoms with Crippen LogP contribution in [0.4, 0.5) is 5.00 Å². The van der Waals surface area contributed by atoms with Crippen LogP contribution in [0.2, 0.25) is 0 Å². The van der Waals surface area contributed by atoms with E-state index in [1.807, 2.05) is 27.7 Å². The molecule has 0 atom stereocenters. The van der Waals surface area contributed by atoms with Crippen LogP contribution in [0.25, 0.3) is 0 Å². The maximum atomic E-state index is 11.6. The number of carbonyl (C=O) groups is 2. The minimum absolute atomic E-state index is 0.242. The fraction of sp³-hybridized carbons (Fsp3) is 0.333. The monoisotopic (exact) mass is 252 g/mol. The molecule has 0 aliphatic rings. The van der Waals surface area contributed by atoms with Gasteiger partial charge in [-0.2, -0.15) is 0 Å². The molecule has 1 aromatic heterocycles. The molecule has 1 heterocycles. The van der Waals surface area contributed by atoms with Gasteiger partial charge in [0.05, 0.1) is 5.56 Å². The molecule has 0 aromatic carbocycles. The Hall–Kier alpha value is -1.62. The Balaban J connectivity index is 3.07. The molecule has 0 aliphatic carbocycles. The SMILES string of the molecule is CC(C)=CC(=O)Nc1sc(C)c(C)c1C(N)=O. The summed E-state index contributed by atoms with van der Waals surface area (Å²) in [4.78, 5) is 23.9. The maximum Gasteiger partial charge on any atom is 0.251 e. The van der Waals surface area contributed by atoms with Crippen molar-refractivity contribution in [3.8, 4) is 0 Å². The summed E-state index contributed by atoms with van der Waals surface area (Å²) < 4.78 is 0. The summed E-state index contributed by atoms with van der Waals surface area (Å²) in [5.41, 5.74) is 7.44. The summed E-state index contributed by atoms with van der Waals surface area (Å²) >= 11 is 1.36. The van der Waals surface area contributed by atoms with Crippen LogP contribution in [-0.2, 0) is 4.79 Å². The zero-order valence-electron chi connectivity index (χ0n) is 10.4. The number of amides is 2. The third kappa shape index (κ3) is 3.17. The van der Waals surface area contributed by atoms with E-state index in [2.05, 4.69) is 5.32 Å². The normalized spacial score (nSPS) is 9.88. The molecule has 0 aliphatic heterocycles. The van der Waals surface area contributed by atoms with Gasteiger partial charge in [0.25, 0.3) is 5.91 Å². The minimum Gasteiger partial charge on any atom is -0.365 e. The molecule has 17 heavy (non-hydrogen) atoms. The van der Waals surface area contributed by atoms with E-state index in [4.69, 9.17) is 5.73 Å². The minimum atomic E-state index is -0.514. The first-order chi connectivity index (χ1) is 7.82. The Bertz CT molecular complexity index is 497. The standard InChI is InChI=1S/C12H16N2O2S/c1-6(2)5-9(15)14-12-10(11(13)16)7(3)8(4)17-12/h5H,1-4H3,(H2,13,16)(H,14,15). The van der Waals surface area contributed by atoms with Crippen LogP contribution < -0.4 is 11.1 Å². The van der Waals surface area contributed by atoms with Gasteiger partial charge in [0.1, 0.15) is 5.00 Å². The molecule has 0 radical (unpaired) electrons. The molecule has 3 N–H and O–H groups in total. The van der Waals surface area contributed by atoms with Gasteiger partial charge in [-0.05, 0) is 33.3 Å². The number of nitrogens with two attached hydrogens (primary N) is 1. The van der Waals surface area contributed by atoms with Gasteiger partial charge >= 0.3 is 0 Å². The quantitative estimate of drug-likeness (QED) is 0.811. The first-order valence-corrected chi connectivity index (χ1v) is 6.00. The van der Waals surface area contributed by atoms with Crippen LogP contribution in [0, 0.1) is 13.8 Å². The van der Waals surface area contributed by atoms with Crippen molar-refractivity contribution in [2.75, 3.05) is 5.32 Å². The van der Waals surface area contributed by atoms with Crippen LogP contribution in [0.15, 0.2) is 11.6 Å². The lowest BCUT2D eigenvalue weighted by atomic mass is 10.1. The molecule has 4 nitrogen and oxygen atoms in total. The van der Waals surface area contributed by atoms with E-state index in [0.29, 0.717) is 10.6 Å². The first kappa shape index (κ1) is 13.4. The van der Waals surface area contributed by atoms with Crippen molar-refractivity contribution in [2.45, 2.75) is 27.7 Å². The van der Waals surface area contributed by atoms with Crippen LogP contribution in [-0.4, -0.2) is 11.8 Å². The number of rotatable bonds is 3. The number of primary amides is 1. The smallest absolute Gasteiger partial charge is 0.251 e. The Kier molecular flexibility index (Phi) is 4.07. The van der Waals surface area contributed by atoms with E-state index in [9.17, 15) is 9.59 Å². The molecular weight excluding hydrogens is 236 g/mol. The van der Waals surface area contributed by atoms with Gasteiger partial charge in [0.15, 0.2) is 0 Å². The van der Waals surface area contributed by atoms with Crippen molar-refractivity contribution in [3.63, 3.8) is 0 Å². The van der Waals surface area contributed by atoms with Gasteiger partial charge in [-0.3, -0.25) is 9.59 Å². The molecule has 0 unspecified atom stereocenters. The number of hydrogen-bond donors (Lipinski definition) is 2. The lowest BCUT2D eigenvalue weighted by molar-refractivity contribution is -0.111. The van der Waals surface area contributed by atoms with Gasteiger partial charge in [-0.25, -0.2) is 0 Å². The fourth-order valence-corrected chi connectivity index (χ4v) is 2.49. The van der Waals surface area contributed by atoms with E-state index in [1.54, 1.807) is 0 Å². The maximum absolute atomic E-state index is 11.6.